The predicted molar refractivity (Wildman–Crippen MR) is 68.6 cm³/mol. The summed E-state index contributed by atoms with van der Waals surface area (Å²) in [6, 6.07) is 6.51. The summed E-state index contributed by atoms with van der Waals surface area (Å²) in [5.41, 5.74) is 4.79. The van der Waals surface area contributed by atoms with Gasteiger partial charge in [-0.25, -0.2) is 4.68 Å². The lowest BCUT2D eigenvalue weighted by molar-refractivity contribution is 0.718. The Morgan fingerprint density at radius 3 is 2.82 bits per heavy atom. The zero-order chi connectivity index (χ0) is 12.3. The minimum atomic E-state index is 0.898. The van der Waals surface area contributed by atoms with Gasteiger partial charge in [-0.2, -0.15) is 0 Å². The smallest absolute Gasteiger partial charge is 0.0884 e. The van der Waals surface area contributed by atoms with Crippen LogP contribution in [0, 0.1) is 6.92 Å². The Morgan fingerprint density at radius 2 is 2.18 bits per heavy atom. The Bertz CT molecular complexity index is 502. The fourth-order valence-corrected chi connectivity index (χ4v) is 1.86. The van der Waals surface area contributed by atoms with Crippen LogP contribution in [0.2, 0.25) is 0 Å². The fraction of sp³-hybridized carbons (Fsp3) is 0.385. The predicted octanol–water partition coefficient (Wildman–Crippen LogP) is 1.90. The molecular formula is C13H18N4. The first kappa shape index (κ1) is 11.8. The maximum atomic E-state index is 3.98. The Hall–Kier alpha value is -1.68. The van der Waals surface area contributed by atoms with E-state index < -0.39 is 0 Å². The highest BCUT2D eigenvalue weighted by molar-refractivity contribution is 5.63. The van der Waals surface area contributed by atoms with E-state index in [1.165, 1.54) is 16.7 Å². The lowest BCUT2D eigenvalue weighted by Crippen LogP contribution is -2.11. The van der Waals surface area contributed by atoms with E-state index in [1.807, 2.05) is 7.05 Å². The second-order valence-corrected chi connectivity index (χ2v) is 4.17. The molecule has 0 amide bonds. The van der Waals surface area contributed by atoms with Gasteiger partial charge in [0.2, 0.25) is 0 Å². The molecule has 0 aliphatic carbocycles. The Labute approximate surface area is 102 Å². The lowest BCUT2D eigenvalue weighted by Gasteiger charge is -2.09. The molecule has 0 radical (unpaired) electrons. The van der Waals surface area contributed by atoms with Crippen LogP contribution in [0.15, 0.2) is 24.4 Å². The van der Waals surface area contributed by atoms with Crippen molar-refractivity contribution in [2.45, 2.75) is 20.4 Å². The van der Waals surface area contributed by atoms with Crippen LogP contribution in [0.4, 0.5) is 0 Å². The minimum Gasteiger partial charge on any atom is -0.313 e. The van der Waals surface area contributed by atoms with Gasteiger partial charge in [-0.15, -0.1) is 5.10 Å². The quantitative estimate of drug-likeness (QED) is 0.872. The van der Waals surface area contributed by atoms with Crippen LogP contribution >= 0.6 is 0 Å². The molecule has 0 atom stereocenters. The van der Waals surface area contributed by atoms with Gasteiger partial charge in [-0.3, -0.25) is 0 Å². The third-order valence-electron chi connectivity index (χ3n) is 2.87. The third-order valence-corrected chi connectivity index (χ3v) is 2.87. The monoisotopic (exact) mass is 230 g/mol. The van der Waals surface area contributed by atoms with Crippen LogP contribution in [-0.2, 0) is 13.6 Å². The van der Waals surface area contributed by atoms with Gasteiger partial charge in [0, 0.05) is 19.2 Å². The summed E-state index contributed by atoms with van der Waals surface area (Å²) in [4.78, 5) is 0. The summed E-state index contributed by atoms with van der Waals surface area (Å²) in [7, 11) is 1.92. The molecule has 17 heavy (non-hydrogen) atoms. The van der Waals surface area contributed by atoms with Crippen molar-refractivity contribution in [2.24, 2.45) is 7.05 Å². The van der Waals surface area contributed by atoms with Crippen LogP contribution in [0.1, 0.15) is 18.1 Å². The minimum absolute atomic E-state index is 0.898. The van der Waals surface area contributed by atoms with Gasteiger partial charge in [0.05, 0.1) is 11.9 Å². The van der Waals surface area contributed by atoms with Crippen molar-refractivity contribution in [2.75, 3.05) is 6.54 Å². The first-order valence-corrected chi connectivity index (χ1v) is 5.87. The van der Waals surface area contributed by atoms with E-state index in [4.69, 9.17) is 0 Å². The molecule has 1 heterocycles. The molecule has 2 aromatic rings. The number of benzene rings is 1. The van der Waals surface area contributed by atoms with Crippen LogP contribution in [-0.4, -0.2) is 21.5 Å². The molecule has 0 aliphatic rings. The largest absolute Gasteiger partial charge is 0.313 e. The van der Waals surface area contributed by atoms with E-state index in [1.54, 1.807) is 10.9 Å². The van der Waals surface area contributed by atoms with Crippen molar-refractivity contribution < 1.29 is 0 Å². The normalized spacial score (nSPS) is 10.8. The maximum absolute atomic E-state index is 3.98. The van der Waals surface area contributed by atoms with Crippen LogP contribution in [0.25, 0.3) is 11.3 Å². The van der Waals surface area contributed by atoms with Gasteiger partial charge in [0.15, 0.2) is 0 Å². The van der Waals surface area contributed by atoms with Crippen molar-refractivity contribution in [3.05, 3.63) is 35.5 Å². The summed E-state index contributed by atoms with van der Waals surface area (Å²) >= 11 is 0. The number of aromatic nitrogens is 3. The first-order valence-electron chi connectivity index (χ1n) is 5.87. The van der Waals surface area contributed by atoms with Crippen LogP contribution < -0.4 is 5.32 Å². The fourth-order valence-electron chi connectivity index (χ4n) is 1.86. The van der Waals surface area contributed by atoms with Crippen LogP contribution in [0.3, 0.4) is 0 Å². The van der Waals surface area contributed by atoms with Gasteiger partial charge in [-0.05, 0) is 30.7 Å². The molecule has 0 saturated carbocycles. The molecule has 1 N–H and O–H groups in total. The highest BCUT2D eigenvalue weighted by Crippen LogP contribution is 2.23. The number of rotatable bonds is 4. The summed E-state index contributed by atoms with van der Waals surface area (Å²) in [6.45, 7) is 6.10. The average Bonchev–Trinajstić information content (AvgIpc) is 2.74. The molecule has 0 spiro atoms. The zero-order valence-electron chi connectivity index (χ0n) is 10.6. The third kappa shape index (κ3) is 2.53. The summed E-state index contributed by atoms with van der Waals surface area (Å²) in [5, 5.41) is 11.2. The highest BCUT2D eigenvalue weighted by atomic mass is 15.4. The molecule has 1 aromatic carbocycles. The van der Waals surface area contributed by atoms with E-state index >= 15 is 0 Å². The first-order chi connectivity index (χ1) is 8.22. The van der Waals surface area contributed by atoms with E-state index in [0.717, 1.165) is 18.8 Å². The zero-order valence-corrected chi connectivity index (χ0v) is 10.6. The molecule has 0 unspecified atom stereocenters. The molecule has 4 nitrogen and oxygen atoms in total. The van der Waals surface area contributed by atoms with Gasteiger partial charge >= 0.3 is 0 Å². The summed E-state index contributed by atoms with van der Waals surface area (Å²) in [5.74, 6) is 0. The number of nitrogens with one attached hydrogen (secondary N) is 1. The second-order valence-electron chi connectivity index (χ2n) is 4.17. The van der Waals surface area contributed by atoms with Crippen LogP contribution in [0.5, 0.6) is 0 Å². The topological polar surface area (TPSA) is 42.7 Å². The SMILES string of the molecule is CCNCc1ccc(C)c(-c2cnnn2C)c1. The lowest BCUT2D eigenvalue weighted by atomic mass is 10.0. The standard InChI is InChI=1S/C13H18N4/c1-4-14-8-11-6-5-10(2)12(7-11)13-9-15-16-17(13)3/h5-7,9,14H,4,8H2,1-3H3. The van der Waals surface area contributed by atoms with Gasteiger partial charge in [0.1, 0.15) is 0 Å². The average molecular weight is 230 g/mol. The van der Waals surface area contributed by atoms with Crippen molar-refractivity contribution in [1.82, 2.24) is 20.3 Å². The Balaban J connectivity index is 2.36. The Kier molecular flexibility index (Phi) is 3.54. The van der Waals surface area contributed by atoms with Crippen molar-refractivity contribution in [1.29, 1.82) is 0 Å². The summed E-state index contributed by atoms with van der Waals surface area (Å²) < 4.78 is 1.80. The van der Waals surface area contributed by atoms with Gasteiger partial charge in [-0.1, -0.05) is 24.3 Å². The molecule has 4 heteroatoms. The highest BCUT2D eigenvalue weighted by Gasteiger charge is 2.07. The maximum Gasteiger partial charge on any atom is 0.0884 e. The number of hydrogen-bond donors (Lipinski definition) is 1. The van der Waals surface area contributed by atoms with Crippen molar-refractivity contribution >= 4 is 0 Å². The molecule has 0 saturated heterocycles. The van der Waals surface area contributed by atoms with Gasteiger partial charge in [0.25, 0.3) is 0 Å². The van der Waals surface area contributed by atoms with E-state index in [2.05, 4.69) is 47.7 Å². The number of nitrogens with zero attached hydrogens (tertiary/aromatic N) is 3. The molecule has 1 aromatic heterocycles. The second kappa shape index (κ2) is 5.10. The molecule has 0 fully saturated rings. The van der Waals surface area contributed by atoms with E-state index in [9.17, 15) is 0 Å². The number of hydrogen-bond acceptors (Lipinski definition) is 3. The summed E-state index contributed by atoms with van der Waals surface area (Å²) in [6.07, 6.45) is 1.80. The molecular weight excluding hydrogens is 212 g/mol. The van der Waals surface area contributed by atoms with Gasteiger partial charge < -0.3 is 5.32 Å². The van der Waals surface area contributed by atoms with E-state index in [0.29, 0.717) is 0 Å². The molecule has 0 bridgehead atoms. The van der Waals surface area contributed by atoms with Crippen molar-refractivity contribution in [3.8, 4) is 11.3 Å². The Morgan fingerprint density at radius 1 is 1.35 bits per heavy atom. The molecule has 90 valence electrons. The molecule has 0 aliphatic heterocycles. The molecule has 2 rings (SSSR count). The van der Waals surface area contributed by atoms with Crippen molar-refractivity contribution in [3.63, 3.8) is 0 Å². The number of aryl methyl sites for hydroxylation is 2. The van der Waals surface area contributed by atoms with E-state index in [-0.39, 0.29) is 0 Å².